The standard InChI is InChI=1S/5C20H22O6/c5*1-18-9-14(12-5-8-24-10-12)26-17(22)20(18,23)7-6-19-11-25-16(21)13(19)3-2-4-15(18)19/h5*2,4-5,8,10,13-15,23H,3,6-7,9,11H2,1H3/t5*13-,14-,15+,18-,19-,20+/m11111/s1. The highest BCUT2D eigenvalue weighted by Gasteiger charge is 2.79. The molecular weight excluding hydrogens is 1680 g/mol. The van der Waals surface area contributed by atoms with E-state index in [1.54, 1.807) is 93.0 Å². The fraction of sp³-hybridized carbons (Fsp3) is 0.600. The molecule has 0 aromatic carbocycles. The number of hydrogen-bond donors (Lipinski definition) is 5. The number of ether oxygens (including phenoxy) is 10. The number of hydrogen-bond acceptors (Lipinski definition) is 30. The van der Waals surface area contributed by atoms with Gasteiger partial charge in [0.25, 0.3) is 0 Å². The fourth-order valence-corrected chi connectivity index (χ4v) is 29.8. The van der Waals surface area contributed by atoms with Gasteiger partial charge >= 0.3 is 59.7 Å². The predicted molar refractivity (Wildman–Crippen MR) is 443 cm³/mol. The van der Waals surface area contributed by atoms with E-state index in [0.717, 1.165) is 27.8 Å². The molecule has 0 radical (unpaired) electrons. The molecule has 5 aromatic rings. The van der Waals surface area contributed by atoms with Crippen LogP contribution in [0.2, 0.25) is 0 Å². The minimum absolute atomic E-state index is 0.124. The van der Waals surface area contributed by atoms with E-state index < -0.39 is 115 Å². The number of allylic oxidation sites excluding steroid dienone is 10. The summed E-state index contributed by atoms with van der Waals surface area (Å²) in [6.45, 7) is 11.6. The molecule has 5 aromatic heterocycles. The maximum absolute atomic E-state index is 12.9. The number of aliphatic hydroxyl groups is 5. The summed E-state index contributed by atoms with van der Waals surface area (Å²) >= 11 is 0. The zero-order valence-corrected chi connectivity index (χ0v) is 73.2. The highest BCUT2D eigenvalue weighted by Crippen LogP contribution is 2.74. The lowest BCUT2D eigenvalue weighted by Gasteiger charge is -2.61. The Morgan fingerprint density at radius 2 is 0.423 bits per heavy atom. The first kappa shape index (κ1) is 86.3. The summed E-state index contributed by atoms with van der Waals surface area (Å²) in [6, 6.07) is 8.92. The second-order valence-electron chi connectivity index (χ2n) is 42.3. The Kier molecular flexibility index (Phi) is 19.8. The summed E-state index contributed by atoms with van der Waals surface area (Å²) < 4.78 is 81.1. The van der Waals surface area contributed by atoms with E-state index in [9.17, 15) is 73.5 Å². The van der Waals surface area contributed by atoms with Gasteiger partial charge in [-0.2, -0.15) is 0 Å². The molecule has 10 aliphatic heterocycles. The van der Waals surface area contributed by atoms with Gasteiger partial charge in [0.05, 0.1) is 125 Å². The molecule has 30 nitrogen and oxygen atoms in total. The Balaban J connectivity index is 0.0000000983. The Hall–Kier alpha value is -10.4. The lowest BCUT2D eigenvalue weighted by atomic mass is 9.44. The SMILES string of the molecule is C[C@]12C[C@H](c3ccoc3)OC(=O)[C@@]1(O)CC[C@@]13COC(=O)[C@H]1CC=C[C@H]32.C[C@]12C[C@H](c3ccoc3)OC(=O)[C@@]1(O)CC[C@@]13COC(=O)[C@H]1CC=C[C@H]32.C[C@]12C[C@H](c3ccoc3)OC(=O)[C@@]1(O)CC[C@@]13COC(=O)[C@H]1CC=C[C@H]32.C[C@]12C[C@H](c3ccoc3)OC(=O)[C@@]1(O)CC[C@@]13COC(=O)[C@H]1CC=C[C@H]32.C[C@]12C[C@H](c3ccoc3)OC(=O)[C@@]1(O)CC[C@@]13COC(=O)[C@H]1CC=C[C@H]32. The molecule has 20 aliphatic rings. The first-order valence-electron chi connectivity index (χ1n) is 46.0. The highest BCUT2D eigenvalue weighted by molar-refractivity contribution is 5.87. The van der Waals surface area contributed by atoms with Crippen molar-refractivity contribution >= 4 is 59.7 Å². The van der Waals surface area contributed by atoms with Crippen molar-refractivity contribution in [2.45, 2.75) is 222 Å². The number of esters is 10. The molecule has 5 saturated carbocycles. The number of fused-ring (bicyclic) bond motifs is 10. The predicted octanol–water partition coefficient (Wildman–Crippen LogP) is 12.7. The molecule has 30 atom stereocenters. The molecular formula is C100H110O30. The number of rotatable bonds is 5. The summed E-state index contributed by atoms with van der Waals surface area (Å²) in [4.78, 5) is 126. The molecule has 0 amide bonds. The van der Waals surface area contributed by atoms with Gasteiger partial charge in [-0.1, -0.05) is 95.4 Å². The van der Waals surface area contributed by atoms with E-state index in [2.05, 4.69) is 30.4 Å². The molecule has 690 valence electrons. The third-order valence-corrected chi connectivity index (χ3v) is 37.4. The van der Waals surface area contributed by atoms with Crippen molar-refractivity contribution in [3.8, 4) is 0 Å². The summed E-state index contributed by atoms with van der Waals surface area (Å²) in [6.07, 6.45) is 43.8. The molecule has 10 aliphatic carbocycles. The fourth-order valence-electron chi connectivity index (χ4n) is 29.8. The van der Waals surface area contributed by atoms with Crippen LogP contribution in [0.25, 0.3) is 0 Å². The second-order valence-corrected chi connectivity index (χ2v) is 42.3. The van der Waals surface area contributed by atoms with Gasteiger partial charge in [0.2, 0.25) is 0 Å². The van der Waals surface area contributed by atoms with Gasteiger partial charge in [-0.15, -0.1) is 0 Å². The highest BCUT2D eigenvalue weighted by atomic mass is 16.6. The van der Waals surface area contributed by atoms with Crippen molar-refractivity contribution in [3.63, 3.8) is 0 Å². The summed E-state index contributed by atoms with van der Waals surface area (Å²) in [7, 11) is 0. The lowest BCUT2D eigenvalue weighted by molar-refractivity contribution is -0.242. The molecule has 5 N–H and O–H groups in total. The van der Waals surface area contributed by atoms with Gasteiger partial charge in [-0.25, -0.2) is 24.0 Å². The number of cyclic esters (lactones) is 10. The third kappa shape index (κ3) is 11.7. The molecule has 15 fully saturated rings. The Morgan fingerprint density at radius 3 is 0.577 bits per heavy atom. The van der Waals surface area contributed by atoms with E-state index in [0.29, 0.717) is 129 Å². The van der Waals surface area contributed by atoms with E-state index in [-0.39, 0.29) is 148 Å². The van der Waals surface area contributed by atoms with Crippen LogP contribution in [0.15, 0.2) is 176 Å². The Labute approximate surface area is 748 Å². The maximum atomic E-state index is 12.9. The van der Waals surface area contributed by atoms with Gasteiger partial charge in [-0.05, 0) is 188 Å². The van der Waals surface area contributed by atoms with Crippen LogP contribution in [0, 0.1) is 113 Å². The van der Waals surface area contributed by atoms with Crippen LogP contribution in [0.3, 0.4) is 0 Å². The summed E-state index contributed by atoms with van der Waals surface area (Å²) in [5.41, 5.74) is -9.26. The van der Waals surface area contributed by atoms with E-state index in [4.69, 9.17) is 69.5 Å². The van der Waals surface area contributed by atoms with Gasteiger partial charge in [-0.3, -0.25) is 24.0 Å². The van der Waals surface area contributed by atoms with Gasteiger partial charge in [0.15, 0.2) is 28.0 Å². The first-order chi connectivity index (χ1) is 62.0. The Bertz CT molecular complexity index is 4770. The average molecular weight is 1790 g/mol. The molecule has 0 unspecified atom stereocenters. The van der Waals surface area contributed by atoms with Crippen molar-refractivity contribution in [3.05, 3.63) is 182 Å². The van der Waals surface area contributed by atoms with Gasteiger partial charge in [0, 0.05) is 82.0 Å². The monoisotopic (exact) mass is 1790 g/mol. The molecule has 130 heavy (non-hydrogen) atoms. The van der Waals surface area contributed by atoms with Crippen molar-refractivity contribution in [1.82, 2.24) is 0 Å². The van der Waals surface area contributed by atoms with Crippen LogP contribution in [-0.4, -0.2) is 146 Å². The second kappa shape index (κ2) is 29.8. The molecule has 30 heteroatoms. The van der Waals surface area contributed by atoms with E-state index in [1.807, 2.05) is 65.0 Å². The minimum Gasteiger partial charge on any atom is -0.472 e. The van der Waals surface area contributed by atoms with Crippen LogP contribution >= 0.6 is 0 Å². The van der Waals surface area contributed by atoms with Crippen molar-refractivity contribution in [2.24, 2.45) is 113 Å². The molecule has 25 rings (SSSR count). The first-order valence-corrected chi connectivity index (χ1v) is 46.0. The van der Waals surface area contributed by atoms with E-state index in [1.165, 1.54) is 0 Å². The number of carbonyl (C=O) groups excluding carboxylic acids is 10. The van der Waals surface area contributed by atoms with E-state index >= 15 is 0 Å². The van der Waals surface area contributed by atoms with Crippen LogP contribution in [0.1, 0.15) is 221 Å². The third-order valence-electron chi connectivity index (χ3n) is 37.4. The van der Waals surface area contributed by atoms with Crippen molar-refractivity contribution in [2.75, 3.05) is 33.0 Å². The topological polar surface area (TPSA) is 430 Å². The molecule has 5 spiro atoms. The van der Waals surface area contributed by atoms with Crippen LogP contribution in [0.5, 0.6) is 0 Å². The van der Waals surface area contributed by atoms with Gasteiger partial charge in [0.1, 0.15) is 30.5 Å². The minimum atomic E-state index is -1.55. The summed E-state index contributed by atoms with van der Waals surface area (Å²) in [5.74, 6) is -5.22. The van der Waals surface area contributed by atoms with Gasteiger partial charge < -0.3 is 95.0 Å². The molecule has 15 heterocycles. The molecule has 0 bridgehead atoms. The molecule has 10 saturated heterocycles. The zero-order valence-electron chi connectivity index (χ0n) is 73.2. The van der Waals surface area contributed by atoms with Crippen molar-refractivity contribution < 1.29 is 143 Å². The Morgan fingerprint density at radius 1 is 0.254 bits per heavy atom. The van der Waals surface area contributed by atoms with Crippen LogP contribution in [-0.2, 0) is 95.3 Å². The lowest BCUT2D eigenvalue weighted by Crippen LogP contribution is -2.67. The number of carbonyl (C=O) groups is 10. The number of furan rings is 5. The van der Waals surface area contributed by atoms with Crippen LogP contribution in [0.4, 0.5) is 0 Å². The van der Waals surface area contributed by atoms with Crippen molar-refractivity contribution in [1.29, 1.82) is 0 Å². The average Bonchev–Trinajstić information content (AvgIpc) is 1.39. The smallest absolute Gasteiger partial charge is 0.339 e. The normalized spacial score (nSPS) is 46.8. The maximum Gasteiger partial charge on any atom is 0.339 e. The van der Waals surface area contributed by atoms with Crippen LogP contribution < -0.4 is 0 Å². The summed E-state index contributed by atoms with van der Waals surface area (Å²) in [5, 5.41) is 57.0. The largest absolute Gasteiger partial charge is 0.472 e. The zero-order chi connectivity index (χ0) is 90.8. The quantitative estimate of drug-likeness (QED) is 0.0620.